The molecule has 7 nitrogen and oxygen atoms in total. The van der Waals surface area contributed by atoms with Crippen LogP contribution in [0.15, 0.2) is 24.4 Å². The van der Waals surface area contributed by atoms with E-state index in [4.69, 9.17) is 5.11 Å². The van der Waals surface area contributed by atoms with E-state index in [1.54, 1.807) is 19.2 Å². The van der Waals surface area contributed by atoms with Crippen molar-refractivity contribution in [2.45, 2.75) is 37.6 Å². The molecule has 122 valence electrons. The van der Waals surface area contributed by atoms with Crippen LogP contribution in [0, 0.1) is 10.1 Å². The van der Waals surface area contributed by atoms with Gasteiger partial charge >= 0.3 is 6.09 Å². The summed E-state index contributed by atoms with van der Waals surface area (Å²) in [6, 6.07) is 4.81. The maximum absolute atomic E-state index is 11.2. The van der Waals surface area contributed by atoms with Gasteiger partial charge in [-0.3, -0.25) is 10.1 Å². The van der Waals surface area contributed by atoms with E-state index in [1.807, 2.05) is 6.20 Å². The van der Waals surface area contributed by atoms with Crippen molar-refractivity contribution < 1.29 is 14.8 Å². The first kappa shape index (κ1) is 15.3. The molecule has 0 aliphatic heterocycles. The van der Waals surface area contributed by atoms with Gasteiger partial charge in [-0.2, -0.15) is 0 Å². The number of hydrogen-bond acceptors (Lipinski definition) is 3. The lowest BCUT2D eigenvalue weighted by Crippen LogP contribution is -2.38. The Kier molecular flexibility index (Phi) is 3.94. The number of aromatic nitrogens is 1. The van der Waals surface area contributed by atoms with Crippen LogP contribution in [0.4, 0.5) is 10.5 Å². The van der Waals surface area contributed by atoms with Gasteiger partial charge in [0.05, 0.1) is 4.92 Å². The Morgan fingerprint density at radius 2 is 2.22 bits per heavy atom. The summed E-state index contributed by atoms with van der Waals surface area (Å²) < 4.78 is 0. The minimum Gasteiger partial charge on any atom is -0.465 e. The number of non-ortho nitro benzene ring substituents is 1. The second kappa shape index (κ2) is 5.91. The predicted octanol–water partition coefficient (Wildman–Crippen LogP) is 3.71. The minimum absolute atomic E-state index is 0.00472. The summed E-state index contributed by atoms with van der Waals surface area (Å²) in [5.41, 5.74) is 2.00. The second-order valence-electron chi connectivity index (χ2n) is 6.14. The van der Waals surface area contributed by atoms with Crippen LogP contribution in [0.2, 0.25) is 0 Å². The van der Waals surface area contributed by atoms with E-state index < -0.39 is 11.0 Å². The summed E-state index contributed by atoms with van der Waals surface area (Å²) >= 11 is 0. The monoisotopic (exact) mass is 317 g/mol. The number of nitrogens with zero attached hydrogens (tertiary/aromatic N) is 2. The number of nitro benzene ring substituents is 1. The van der Waals surface area contributed by atoms with Gasteiger partial charge in [0, 0.05) is 42.3 Å². The zero-order chi connectivity index (χ0) is 16.6. The molecule has 0 saturated heterocycles. The smallest absolute Gasteiger partial charge is 0.407 e. The highest BCUT2D eigenvalue weighted by Crippen LogP contribution is 2.38. The number of amides is 1. The van der Waals surface area contributed by atoms with E-state index in [0.29, 0.717) is 0 Å². The number of carbonyl (C=O) groups is 1. The van der Waals surface area contributed by atoms with Crippen molar-refractivity contribution in [3.05, 3.63) is 40.1 Å². The Labute approximate surface area is 133 Å². The van der Waals surface area contributed by atoms with Crippen molar-refractivity contribution in [1.29, 1.82) is 0 Å². The molecule has 0 radical (unpaired) electrons. The van der Waals surface area contributed by atoms with Gasteiger partial charge in [-0.1, -0.05) is 6.42 Å². The summed E-state index contributed by atoms with van der Waals surface area (Å²) in [5, 5.41) is 21.0. The highest BCUT2D eigenvalue weighted by atomic mass is 16.6. The molecule has 2 aromatic rings. The van der Waals surface area contributed by atoms with Crippen LogP contribution < -0.4 is 0 Å². The number of benzene rings is 1. The van der Waals surface area contributed by atoms with Crippen LogP contribution >= 0.6 is 0 Å². The van der Waals surface area contributed by atoms with E-state index in [1.165, 1.54) is 11.0 Å². The van der Waals surface area contributed by atoms with Crippen molar-refractivity contribution in [1.82, 2.24) is 9.88 Å². The SMILES string of the molecule is CN(C(=O)O)C1CCCC(c2c[nH]c3ccc([N+](=O)[O-])cc23)C1. The van der Waals surface area contributed by atoms with Crippen molar-refractivity contribution in [3.63, 3.8) is 0 Å². The minimum atomic E-state index is -0.912. The first-order chi connectivity index (χ1) is 11.0. The van der Waals surface area contributed by atoms with Crippen LogP contribution in [-0.2, 0) is 0 Å². The molecule has 2 N–H and O–H groups in total. The summed E-state index contributed by atoms with van der Waals surface area (Å²) in [6.45, 7) is 0. The van der Waals surface area contributed by atoms with Crippen LogP contribution in [-0.4, -0.2) is 39.1 Å². The Morgan fingerprint density at radius 3 is 2.91 bits per heavy atom. The van der Waals surface area contributed by atoms with Gasteiger partial charge in [0.2, 0.25) is 0 Å². The average molecular weight is 317 g/mol. The molecular formula is C16H19N3O4. The van der Waals surface area contributed by atoms with Crippen molar-refractivity contribution in [2.75, 3.05) is 7.05 Å². The van der Waals surface area contributed by atoms with E-state index in [2.05, 4.69) is 4.98 Å². The van der Waals surface area contributed by atoms with E-state index in [0.717, 1.165) is 42.1 Å². The van der Waals surface area contributed by atoms with Gasteiger partial charge in [0.15, 0.2) is 0 Å². The molecule has 0 bridgehead atoms. The van der Waals surface area contributed by atoms with Gasteiger partial charge in [0.1, 0.15) is 0 Å². The van der Waals surface area contributed by atoms with Crippen LogP contribution in [0.5, 0.6) is 0 Å². The number of carboxylic acid groups (broad SMARTS) is 1. The Hall–Kier alpha value is -2.57. The molecule has 2 unspecified atom stereocenters. The number of hydrogen-bond donors (Lipinski definition) is 2. The number of nitrogens with one attached hydrogen (secondary N) is 1. The van der Waals surface area contributed by atoms with Gasteiger partial charge in [-0.15, -0.1) is 0 Å². The summed E-state index contributed by atoms with van der Waals surface area (Å²) in [5.74, 6) is 0.214. The predicted molar refractivity (Wildman–Crippen MR) is 85.7 cm³/mol. The van der Waals surface area contributed by atoms with Gasteiger partial charge in [0.25, 0.3) is 5.69 Å². The number of nitro groups is 1. The molecule has 1 aromatic carbocycles. The number of H-pyrrole nitrogens is 1. The number of aromatic amines is 1. The molecule has 0 spiro atoms. The lowest BCUT2D eigenvalue weighted by molar-refractivity contribution is -0.384. The van der Waals surface area contributed by atoms with E-state index in [-0.39, 0.29) is 17.6 Å². The molecule has 23 heavy (non-hydrogen) atoms. The lowest BCUT2D eigenvalue weighted by atomic mass is 9.81. The molecule has 1 amide bonds. The first-order valence-corrected chi connectivity index (χ1v) is 7.68. The van der Waals surface area contributed by atoms with Gasteiger partial charge < -0.3 is 15.0 Å². The number of fused-ring (bicyclic) bond motifs is 1. The maximum Gasteiger partial charge on any atom is 0.407 e. The van der Waals surface area contributed by atoms with Crippen molar-refractivity contribution in [3.8, 4) is 0 Å². The molecule has 1 aliphatic rings. The Balaban J connectivity index is 1.91. The van der Waals surface area contributed by atoms with Crippen LogP contribution in [0.25, 0.3) is 10.9 Å². The summed E-state index contributed by atoms with van der Waals surface area (Å²) in [6.07, 6.45) is 4.53. The fraction of sp³-hybridized carbons (Fsp3) is 0.438. The molecule has 7 heteroatoms. The molecule has 1 saturated carbocycles. The first-order valence-electron chi connectivity index (χ1n) is 7.68. The molecule has 1 heterocycles. The normalized spacial score (nSPS) is 21.3. The third-order valence-corrected chi connectivity index (χ3v) is 4.84. The zero-order valence-corrected chi connectivity index (χ0v) is 12.9. The largest absolute Gasteiger partial charge is 0.465 e. The quantitative estimate of drug-likeness (QED) is 0.665. The Morgan fingerprint density at radius 1 is 1.43 bits per heavy atom. The fourth-order valence-corrected chi connectivity index (χ4v) is 3.54. The molecular weight excluding hydrogens is 298 g/mol. The van der Waals surface area contributed by atoms with E-state index in [9.17, 15) is 14.9 Å². The zero-order valence-electron chi connectivity index (χ0n) is 12.9. The van der Waals surface area contributed by atoms with Crippen molar-refractivity contribution in [2.24, 2.45) is 0 Å². The van der Waals surface area contributed by atoms with Crippen LogP contribution in [0.1, 0.15) is 37.2 Å². The van der Waals surface area contributed by atoms with Crippen LogP contribution in [0.3, 0.4) is 0 Å². The van der Waals surface area contributed by atoms with Crippen molar-refractivity contribution >= 4 is 22.7 Å². The topological polar surface area (TPSA) is 99.5 Å². The van der Waals surface area contributed by atoms with Gasteiger partial charge in [-0.05, 0) is 36.8 Å². The molecule has 1 aliphatic carbocycles. The molecule has 2 atom stereocenters. The third kappa shape index (κ3) is 2.86. The summed E-state index contributed by atoms with van der Waals surface area (Å²) in [7, 11) is 1.61. The maximum atomic E-state index is 11.2. The fourth-order valence-electron chi connectivity index (χ4n) is 3.54. The summed E-state index contributed by atoms with van der Waals surface area (Å²) in [4.78, 5) is 26.3. The van der Waals surface area contributed by atoms with Gasteiger partial charge in [-0.25, -0.2) is 4.79 Å². The highest BCUT2D eigenvalue weighted by molar-refractivity contribution is 5.86. The van der Waals surface area contributed by atoms with E-state index >= 15 is 0 Å². The third-order valence-electron chi connectivity index (χ3n) is 4.84. The lowest BCUT2D eigenvalue weighted by Gasteiger charge is -2.33. The standard InChI is InChI=1S/C16H19N3O4/c1-18(16(20)21)11-4-2-3-10(7-11)14-9-17-15-6-5-12(19(22)23)8-13(14)15/h5-6,8-11,17H,2-4,7H2,1H3,(H,20,21). The molecule has 3 rings (SSSR count). The highest BCUT2D eigenvalue weighted by Gasteiger charge is 2.29. The average Bonchev–Trinajstić information content (AvgIpc) is 2.97. The molecule has 1 aromatic heterocycles. The second-order valence-corrected chi connectivity index (χ2v) is 6.14. The number of rotatable bonds is 3. The Bertz CT molecular complexity index is 755. The molecule has 1 fully saturated rings.